The van der Waals surface area contributed by atoms with Crippen LogP contribution in [0.15, 0.2) is 46.9 Å². The molecule has 4 unspecified atom stereocenters. The summed E-state index contributed by atoms with van der Waals surface area (Å²) in [6.45, 7) is 1.90. The lowest BCUT2D eigenvalue weighted by Crippen LogP contribution is -2.27. The molecule has 1 heterocycles. The maximum absolute atomic E-state index is 10.3. The number of ether oxygens (including phenoxy) is 2. The first kappa shape index (κ1) is 13.2. The Morgan fingerprint density at radius 2 is 2.11 bits per heavy atom. The van der Waals surface area contributed by atoms with Crippen molar-refractivity contribution in [3.8, 4) is 0 Å². The highest BCUT2D eigenvalue weighted by atomic mass is 32.2. The minimum absolute atomic E-state index is 0.0543. The molecule has 0 saturated carbocycles. The van der Waals surface area contributed by atoms with E-state index in [2.05, 4.69) is 18.2 Å². The summed E-state index contributed by atoms with van der Waals surface area (Å²) in [6.07, 6.45) is 2.33. The molecule has 0 radical (unpaired) electrons. The van der Waals surface area contributed by atoms with Gasteiger partial charge in [-0.05, 0) is 31.1 Å². The van der Waals surface area contributed by atoms with Gasteiger partial charge >= 0.3 is 0 Å². The number of thioether (sulfide) groups is 1. The predicted molar refractivity (Wildman–Crippen MR) is 75.1 cm³/mol. The van der Waals surface area contributed by atoms with E-state index in [0.29, 0.717) is 5.75 Å². The van der Waals surface area contributed by atoms with E-state index in [-0.39, 0.29) is 18.5 Å². The van der Waals surface area contributed by atoms with E-state index < -0.39 is 6.10 Å². The van der Waals surface area contributed by atoms with Crippen LogP contribution in [0.5, 0.6) is 0 Å². The van der Waals surface area contributed by atoms with Crippen molar-refractivity contribution in [2.45, 2.75) is 42.8 Å². The Balaban J connectivity index is 1.58. The van der Waals surface area contributed by atoms with E-state index in [0.717, 1.165) is 12.0 Å². The zero-order valence-corrected chi connectivity index (χ0v) is 11.7. The van der Waals surface area contributed by atoms with Crippen molar-refractivity contribution < 1.29 is 14.6 Å². The third kappa shape index (κ3) is 2.87. The molecule has 102 valence electrons. The molecule has 2 aliphatic rings. The molecule has 0 spiro atoms. The van der Waals surface area contributed by atoms with Gasteiger partial charge in [0.1, 0.15) is 6.10 Å². The van der Waals surface area contributed by atoms with Gasteiger partial charge in [0.15, 0.2) is 6.29 Å². The van der Waals surface area contributed by atoms with Crippen LogP contribution < -0.4 is 0 Å². The van der Waals surface area contributed by atoms with Crippen LogP contribution in [-0.4, -0.2) is 35.5 Å². The second-order valence-electron chi connectivity index (χ2n) is 4.88. The predicted octanol–water partition coefficient (Wildman–Crippen LogP) is 2.60. The van der Waals surface area contributed by atoms with Crippen molar-refractivity contribution in [2.24, 2.45) is 0 Å². The van der Waals surface area contributed by atoms with Crippen LogP contribution in [0.2, 0.25) is 0 Å². The summed E-state index contributed by atoms with van der Waals surface area (Å²) in [5, 5.41) is 10.3. The number of aliphatic hydroxyl groups excluding tert-OH is 1. The van der Waals surface area contributed by atoms with Crippen molar-refractivity contribution in [1.29, 1.82) is 0 Å². The third-order valence-electron chi connectivity index (χ3n) is 3.49. The number of benzene rings is 1. The van der Waals surface area contributed by atoms with Gasteiger partial charge in [0, 0.05) is 10.6 Å². The monoisotopic (exact) mass is 278 g/mol. The van der Waals surface area contributed by atoms with E-state index in [1.54, 1.807) is 11.8 Å². The first-order valence-electron chi connectivity index (χ1n) is 6.61. The second kappa shape index (κ2) is 5.67. The average Bonchev–Trinajstić information content (AvgIpc) is 2.96. The summed E-state index contributed by atoms with van der Waals surface area (Å²) in [5.41, 5.74) is 0.984. The van der Waals surface area contributed by atoms with Gasteiger partial charge in [0.05, 0.1) is 12.2 Å². The number of aliphatic hydroxyl groups is 1. The molecule has 0 bridgehead atoms. The van der Waals surface area contributed by atoms with Gasteiger partial charge < -0.3 is 14.6 Å². The van der Waals surface area contributed by atoms with Crippen LogP contribution in [0.25, 0.3) is 0 Å². The largest absolute Gasteiger partial charge is 0.388 e. The van der Waals surface area contributed by atoms with Crippen molar-refractivity contribution >= 4 is 11.8 Å². The fourth-order valence-electron chi connectivity index (χ4n) is 2.60. The lowest BCUT2D eigenvalue weighted by Gasteiger charge is -2.18. The minimum atomic E-state index is -0.464. The molecule has 1 aliphatic carbocycles. The van der Waals surface area contributed by atoms with E-state index in [1.165, 1.54) is 4.90 Å². The van der Waals surface area contributed by atoms with Crippen LogP contribution in [0.1, 0.15) is 13.3 Å². The lowest BCUT2D eigenvalue weighted by molar-refractivity contribution is -0.0503. The Morgan fingerprint density at radius 1 is 1.32 bits per heavy atom. The molecule has 3 rings (SSSR count). The van der Waals surface area contributed by atoms with Crippen LogP contribution in [-0.2, 0) is 9.47 Å². The van der Waals surface area contributed by atoms with E-state index in [1.807, 2.05) is 25.1 Å². The lowest BCUT2D eigenvalue weighted by atomic mass is 10.1. The number of rotatable bonds is 4. The van der Waals surface area contributed by atoms with Crippen molar-refractivity contribution in [3.05, 3.63) is 42.0 Å². The molecule has 19 heavy (non-hydrogen) atoms. The minimum Gasteiger partial charge on any atom is -0.388 e. The molecule has 1 aromatic carbocycles. The second-order valence-corrected chi connectivity index (χ2v) is 5.97. The molecule has 0 amide bonds. The Kier molecular flexibility index (Phi) is 3.93. The van der Waals surface area contributed by atoms with Crippen molar-refractivity contribution in [2.75, 3.05) is 5.75 Å². The third-order valence-corrected chi connectivity index (χ3v) is 4.58. The highest BCUT2D eigenvalue weighted by Crippen LogP contribution is 2.35. The van der Waals surface area contributed by atoms with Crippen LogP contribution >= 0.6 is 11.8 Å². The molecule has 1 N–H and O–H groups in total. The smallest absolute Gasteiger partial charge is 0.156 e. The first-order valence-corrected chi connectivity index (χ1v) is 7.59. The van der Waals surface area contributed by atoms with E-state index >= 15 is 0 Å². The highest BCUT2D eigenvalue weighted by Gasteiger charge is 2.41. The Morgan fingerprint density at radius 3 is 2.89 bits per heavy atom. The van der Waals surface area contributed by atoms with Gasteiger partial charge in [-0.3, -0.25) is 0 Å². The fraction of sp³-hybridized carbons (Fsp3) is 0.467. The summed E-state index contributed by atoms with van der Waals surface area (Å²) < 4.78 is 11.3. The van der Waals surface area contributed by atoms with Gasteiger partial charge in [-0.2, -0.15) is 0 Å². The standard InChI is InChI=1S/C15H18O3S/c1-10-17-14-8-7-12(15(14)18-10)13(16)9-19-11-5-3-2-4-6-11/h2-7,10,13-16H,8-9H2,1H3. The summed E-state index contributed by atoms with van der Waals surface area (Å²) >= 11 is 1.66. The molecule has 1 fully saturated rings. The Hall–Kier alpha value is -0.810. The molecular formula is C15H18O3S. The fourth-order valence-corrected chi connectivity index (χ4v) is 3.49. The molecule has 3 nitrogen and oxygen atoms in total. The van der Waals surface area contributed by atoms with Gasteiger partial charge in [-0.15, -0.1) is 11.8 Å². The van der Waals surface area contributed by atoms with Crippen molar-refractivity contribution in [1.82, 2.24) is 0 Å². The topological polar surface area (TPSA) is 38.7 Å². The SMILES string of the molecule is CC1OC2CC=C(C(O)CSc3ccccc3)C2O1. The van der Waals surface area contributed by atoms with Gasteiger partial charge in [-0.25, -0.2) is 0 Å². The number of hydrogen-bond donors (Lipinski definition) is 1. The van der Waals surface area contributed by atoms with Gasteiger partial charge in [0.2, 0.25) is 0 Å². The highest BCUT2D eigenvalue weighted by molar-refractivity contribution is 7.99. The molecule has 1 aromatic rings. The first-order chi connectivity index (χ1) is 9.24. The van der Waals surface area contributed by atoms with E-state index in [4.69, 9.17) is 9.47 Å². The summed E-state index contributed by atoms with van der Waals surface area (Å²) in [6, 6.07) is 10.1. The molecule has 4 heteroatoms. The Labute approximate surface area is 117 Å². The van der Waals surface area contributed by atoms with Crippen LogP contribution in [0.4, 0.5) is 0 Å². The molecule has 1 aliphatic heterocycles. The average molecular weight is 278 g/mol. The summed E-state index contributed by atoms with van der Waals surface area (Å²) in [5.74, 6) is 0.650. The maximum atomic E-state index is 10.3. The van der Waals surface area contributed by atoms with Gasteiger partial charge in [-0.1, -0.05) is 24.3 Å². The maximum Gasteiger partial charge on any atom is 0.156 e. The zero-order chi connectivity index (χ0) is 13.2. The number of hydrogen-bond acceptors (Lipinski definition) is 4. The quantitative estimate of drug-likeness (QED) is 0.679. The molecule has 1 saturated heterocycles. The molecular weight excluding hydrogens is 260 g/mol. The molecule has 4 atom stereocenters. The normalized spacial score (nSPS) is 31.1. The van der Waals surface area contributed by atoms with Crippen LogP contribution in [0, 0.1) is 0 Å². The number of fused-ring (bicyclic) bond motifs is 1. The summed E-state index contributed by atoms with van der Waals surface area (Å²) in [4.78, 5) is 1.17. The van der Waals surface area contributed by atoms with E-state index in [9.17, 15) is 5.11 Å². The van der Waals surface area contributed by atoms with Crippen molar-refractivity contribution in [3.63, 3.8) is 0 Å². The Bertz CT molecular complexity index is 460. The molecule has 0 aromatic heterocycles. The summed E-state index contributed by atoms with van der Waals surface area (Å²) in [7, 11) is 0. The van der Waals surface area contributed by atoms with Crippen LogP contribution in [0.3, 0.4) is 0 Å². The zero-order valence-electron chi connectivity index (χ0n) is 10.9. The van der Waals surface area contributed by atoms with Gasteiger partial charge in [0.25, 0.3) is 0 Å².